The minimum absolute atomic E-state index is 0.377. The summed E-state index contributed by atoms with van der Waals surface area (Å²) in [6.07, 6.45) is 5.68. The van der Waals surface area contributed by atoms with E-state index in [0.717, 1.165) is 37.2 Å². The van der Waals surface area contributed by atoms with Crippen LogP contribution in [0.2, 0.25) is 0 Å². The van der Waals surface area contributed by atoms with Gasteiger partial charge in [0.25, 0.3) is 0 Å². The second kappa shape index (κ2) is 5.37. The Morgan fingerprint density at radius 1 is 1.26 bits per heavy atom. The van der Waals surface area contributed by atoms with Gasteiger partial charge in [-0.3, -0.25) is 0 Å². The molecule has 106 valence electrons. The summed E-state index contributed by atoms with van der Waals surface area (Å²) in [7, 11) is 1.85. The van der Waals surface area contributed by atoms with E-state index in [-0.39, 0.29) is 0 Å². The molecule has 3 N–H and O–H groups in total. The van der Waals surface area contributed by atoms with Gasteiger partial charge in [-0.25, -0.2) is 4.98 Å². The molecule has 2 rings (SSSR count). The van der Waals surface area contributed by atoms with Crippen molar-refractivity contribution >= 4 is 11.5 Å². The van der Waals surface area contributed by atoms with Gasteiger partial charge < -0.3 is 15.7 Å². The van der Waals surface area contributed by atoms with Crippen molar-refractivity contribution < 1.29 is 5.11 Å². The number of rotatable bonds is 4. The number of hydrogen-bond acceptors (Lipinski definition) is 4. The molecule has 0 amide bonds. The van der Waals surface area contributed by atoms with Gasteiger partial charge in [0.2, 0.25) is 0 Å². The summed E-state index contributed by atoms with van der Waals surface area (Å²) < 4.78 is 0. The van der Waals surface area contributed by atoms with Gasteiger partial charge in [0.1, 0.15) is 5.82 Å². The van der Waals surface area contributed by atoms with Crippen LogP contribution in [0, 0.1) is 5.41 Å². The fourth-order valence-electron chi connectivity index (χ4n) is 2.51. The maximum absolute atomic E-state index is 10.6. The molecule has 4 heteroatoms. The smallest absolute Gasteiger partial charge is 0.127 e. The molecule has 4 nitrogen and oxygen atoms in total. The van der Waals surface area contributed by atoms with Gasteiger partial charge in [0.05, 0.1) is 5.60 Å². The van der Waals surface area contributed by atoms with Crippen molar-refractivity contribution in [1.82, 2.24) is 4.98 Å². The van der Waals surface area contributed by atoms with Crippen LogP contribution in [0.3, 0.4) is 0 Å². The maximum atomic E-state index is 10.6. The average Bonchev–Trinajstić information content (AvgIpc) is 2.41. The van der Waals surface area contributed by atoms with E-state index in [1.807, 2.05) is 19.2 Å². The lowest BCUT2D eigenvalue weighted by Gasteiger charge is -2.40. The Kier molecular flexibility index (Phi) is 3.99. The Morgan fingerprint density at radius 3 is 2.58 bits per heavy atom. The molecule has 0 spiro atoms. The summed E-state index contributed by atoms with van der Waals surface area (Å²) in [4.78, 5) is 4.18. The predicted octanol–water partition coefficient (Wildman–Crippen LogP) is 2.87. The van der Waals surface area contributed by atoms with Gasteiger partial charge >= 0.3 is 0 Å². The van der Waals surface area contributed by atoms with E-state index in [0.29, 0.717) is 12.0 Å². The fraction of sp³-hybridized carbons (Fsp3) is 0.667. The van der Waals surface area contributed by atoms with Gasteiger partial charge in [-0.2, -0.15) is 0 Å². The Morgan fingerprint density at radius 2 is 1.95 bits per heavy atom. The molecule has 0 atom stereocenters. The van der Waals surface area contributed by atoms with Crippen molar-refractivity contribution in [1.29, 1.82) is 0 Å². The van der Waals surface area contributed by atoms with Crippen LogP contribution in [-0.2, 0) is 0 Å². The minimum atomic E-state index is -0.571. The average molecular weight is 263 g/mol. The first-order valence-electron chi connectivity index (χ1n) is 7.03. The van der Waals surface area contributed by atoms with Crippen LogP contribution in [-0.4, -0.2) is 29.3 Å². The van der Waals surface area contributed by atoms with E-state index in [1.54, 1.807) is 6.20 Å². The van der Waals surface area contributed by atoms with E-state index in [4.69, 9.17) is 0 Å². The molecule has 19 heavy (non-hydrogen) atoms. The number of pyridine rings is 1. The normalized spacial score (nSPS) is 20.8. The van der Waals surface area contributed by atoms with Crippen LogP contribution in [0.25, 0.3) is 0 Å². The van der Waals surface area contributed by atoms with Crippen LogP contribution in [0.4, 0.5) is 11.5 Å². The summed E-state index contributed by atoms with van der Waals surface area (Å²) in [5.74, 6) is 0.835. The van der Waals surface area contributed by atoms with Crippen LogP contribution in [0.5, 0.6) is 0 Å². The topological polar surface area (TPSA) is 57.2 Å². The zero-order chi connectivity index (χ0) is 13.9. The van der Waals surface area contributed by atoms with Gasteiger partial charge in [-0.05, 0) is 37.2 Å². The van der Waals surface area contributed by atoms with Gasteiger partial charge in [-0.15, -0.1) is 0 Å². The highest BCUT2D eigenvalue weighted by Gasteiger charge is 2.36. The third-order valence-electron chi connectivity index (χ3n) is 4.17. The monoisotopic (exact) mass is 263 g/mol. The van der Waals surface area contributed by atoms with Gasteiger partial charge in [-0.1, -0.05) is 13.8 Å². The Bertz CT molecular complexity index is 421. The van der Waals surface area contributed by atoms with E-state index in [9.17, 15) is 5.11 Å². The first-order valence-corrected chi connectivity index (χ1v) is 7.03. The highest BCUT2D eigenvalue weighted by Crippen LogP contribution is 2.40. The first-order chi connectivity index (χ1) is 8.92. The summed E-state index contributed by atoms with van der Waals surface area (Å²) >= 11 is 0. The molecular weight excluding hydrogens is 238 g/mol. The highest BCUT2D eigenvalue weighted by molar-refractivity contribution is 5.51. The second-order valence-electron chi connectivity index (χ2n) is 6.42. The standard InChI is InChI=1S/C15H25N3O/c1-14(2)5-7-15(19,8-6-14)11-18-12-4-9-17-13(10-12)16-3/h4,9-10,19H,5-8,11H2,1-3H3,(H2,16,17,18). The molecule has 0 aliphatic heterocycles. The molecule has 0 unspecified atom stereocenters. The first kappa shape index (κ1) is 14.1. The Labute approximate surface area is 115 Å². The van der Waals surface area contributed by atoms with Crippen LogP contribution < -0.4 is 10.6 Å². The number of aliphatic hydroxyl groups is 1. The number of nitrogens with one attached hydrogen (secondary N) is 2. The van der Waals surface area contributed by atoms with E-state index in [1.165, 1.54) is 0 Å². The fourth-order valence-corrected chi connectivity index (χ4v) is 2.51. The minimum Gasteiger partial charge on any atom is -0.388 e. The van der Waals surface area contributed by atoms with E-state index >= 15 is 0 Å². The molecule has 1 saturated carbocycles. The Hall–Kier alpha value is -1.29. The van der Waals surface area contributed by atoms with Crippen LogP contribution in [0.15, 0.2) is 18.3 Å². The SMILES string of the molecule is CNc1cc(NCC2(O)CCC(C)(C)CC2)ccn1. The predicted molar refractivity (Wildman–Crippen MR) is 79.5 cm³/mol. The molecule has 1 aromatic rings. The second-order valence-corrected chi connectivity index (χ2v) is 6.42. The largest absolute Gasteiger partial charge is 0.388 e. The third-order valence-corrected chi connectivity index (χ3v) is 4.17. The van der Waals surface area contributed by atoms with Crippen molar-refractivity contribution in [3.63, 3.8) is 0 Å². The number of anilines is 2. The van der Waals surface area contributed by atoms with Crippen molar-refractivity contribution in [2.45, 2.75) is 45.1 Å². The lowest BCUT2D eigenvalue weighted by Crippen LogP contribution is -2.42. The lowest BCUT2D eigenvalue weighted by atomic mass is 9.71. The summed E-state index contributed by atoms with van der Waals surface area (Å²) in [5, 5.41) is 16.9. The third kappa shape index (κ3) is 3.83. The molecule has 1 heterocycles. The highest BCUT2D eigenvalue weighted by atomic mass is 16.3. The summed E-state index contributed by atoms with van der Waals surface area (Å²) in [6.45, 7) is 5.17. The van der Waals surface area contributed by atoms with Crippen LogP contribution >= 0.6 is 0 Å². The zero-order valence-electron chi connectivity index (χ0n) is 12.2. The van der Waals surface area contributed by atoms with Crippen molar-refractivity contribution in [2.75, 3.05) is 24.2 Å². The molecule has 0 bridgehead atoms. The van der Waals surface area contributed by atoms with Crippen molar-refractivity contribution in [2.24, 2.45) is 5.41 Å². The zero-order valence-corrected chi connectivity index (χ0v) is 12.2. The molecule has 1 aliphatic rings. The van der Waals surface area contributed by atoms with Crippen molar-refractivity contribution in [3.05, 3.63) is 18.3 Å². The number of aromatic nitrogens is 1. The lowest BCUT2D eigenvalue weighted by molar-refractivity contribution is -0.0145. The quantitative estimate of drug-likeness (QED) is 0.782. The summed E-state index contributed by atoms with van der Waals surface area (Å²) in [6, 6.07) is 3.88. The van der Waals surface area contributed by atoms with Crippen molar-refractivity contribution in [3.8, 4) is 0 Å². The number of hydrogen-bond donors (Lipinski definition) is 3. The molecular formula is C15H25N3O. The summed E-state index contributed by atoms with van der Waals surface area (Å²) in [5.41, 5.74) is 0.804. The van der Waals surface area contributed by atoms with E-state index < -0.39 is 5.60 Å². The maximum Gasteiger partial charge on any atom is 0.127 e. The number of nitrogens with zero attached hydrogens (tertiary/aromatic N) is 1. The van der Waals surface area contributed by atoms with Gasteiger partial charge in [0.15, 0.2) is 0 Å². The molecule has 1 aromatic heterocycles. The molecule has 1 fully saturated rings. The van der Waals surface area contributed by atoms with Gasteiger partial charge in [0, 0.05) is 31.5 Å². The molecule has 1 aliphatic carbocycles. The Balaban J connectivity index is 1.91. The van der Waals surface area contributed by atoms with E-state index in [2.05, 4.69) is 29.5 Å². The molecule has 0 aromatic carbocycles. The van der Waals surface area contributed by atoms with Crippen LogP contribution in [0.1, 0.15) is 39.5 Å². The molecule has 0 saturated heterocycles. The molecule has 0 radical (unpaired) electrons.